The second-order valence-electron chi connectivity index (χ2n) is 5.31. The van der Waals surface area contributed by atoms with Gasteiger partial charge in [0.05, 0.1) is 12.6 Å². The standard InChI is InChI=1S/C15H18N2O2/c18-12-5-3-9-17(10-12)14-8-7-11-4-1-2-6-13(11)16-15(14)19/h1-2,4,6,14H,3,5,7-10H2,(H,16,19). The van der Waals surface area contributed by atoms with Crippen LogP contribution in [0.25, 0.3) is 0 Å². The number of amides is 1. The molecule has 4 heteroatoms. The van der Waals surface area contributed by atoms with Crippen LogP contribution in [-0.4, -0.2) is 35.7 Å². The van der Waals surface area contributed by atoms with E-state index in [1.54, 1.807) is 0 Å². The summed E-state index contributed by atoms with van der Waals surface area (Å²) in [6, 6.07) is 7.76. The van der Waals surface area contributed by atoms with Gasteiger partial charge in [-0.05, 0) is 37.4 Å². The fraction of sp³-hybridized carbons (Fsp3) is 0.467. The lowest BCUT2D eigenvalue weighted by atomic mass is 10.0. The lowest BCUT2D eigenvalue weighted by Gasteiger charge is -2.31. The highest BCUT2D eigenvalue weighted by Gasteiger charge is 2.31. The molecule has 1 aromatic rings. The second-order valence-corrected chi connectivity index (χ2v) is 5.31. The third-order valence-corrected chi connectivity index (χ3v) is 3.99. The van der Waals surface area contributed by atoms with E-state index in [2.05, 4.69) is 11.4 Å². The van der Waals surface area contributed by atoms with Crippen molar-refractivity contribution in [2.45, 2.75) is 31.7 Å². The van der Waals surface area contributed by atoms with E-state index < -0.39 is 0 Å². The second kappa shape index (κ2) is 5.13. The monoisotopic (exact) mass is 258 g/mol. The molecule has 1 atom stereocenters. The molecule has 1 amide bonds. The molecule has 1 saturated heterocycles. The van der Waals surface area contributed by atoms with E-state index in [9.17, 15) is 9.59 Å². The summed E-state index contributed by atoms with van der Waals surface area (Å²) >= 11 is 0. The van der Waals surface area contributed by atoms with E-state index in [1.165, 1.54) is 5.56 Å². The Labute approximate surface area is 112 Å². The van der Waals surface area contributed by atoms with Crippen molar-refractivity contribution >= 4 is 17.4 Å². The smallest absolute Gasteiger partial charge is 0.241 e. The van der Waals surface area contributed by atoms with Crippen molar-refractivity contribution in [2.75, 3.05) is 18.4 Å². The molecule has 3 rings (SSSR count). The van der Waals surface area contributed by atoms with Crippen LogP contribution in [0, 0.1) is 0 Å². The third kappa shape index (κ3) is 2.54. The maximum absolute atomic E-state index is 12.3. The van der Waals surface area contributed by atoms with Crippen LogP contribution in [-0.2, 0) is 16.0 Å². The number of hydrogen-bond donors (Lipinski definition) is 1. The van der Waals surface area contributed by atoms with E-state index in [1.807, 2.05) is 23.1 Å². The molecule has 0 spiro atoms. The number of ketones is 1. The molecular formula is C15H18N2O2. The van der Waals surface area contributed by atoms with Gasteiger partial charge >= 0.3 is 0 Å². The number of hydrogen-bond acceptors (Lipinski definition) is 3. The molecule has 1 N–H and O–H groups in total. The third-order valence-electron chi connectivity index (χ3n) is 3.99. The average molecular weight is 258 g/mol. The van der Waals surface area contributed by atoms with Gasteiger partial charge in [0.2, 0.25) is 5.91 Å². The fourth-order valence-electron chi connectivity index (χ4n) is 2.98. The van der Waals surface area contributed by atoms with Crippen LogP contribution in [0.15, 0.2) is 24.3 Å². The van der Waals surface area contributed by atoms with Gasteiger partial charge in [-0.1, -0.05) is 18.2 Å². The Balaban J connectivity index is 1.78. The van der Waals surface area contributed by atoms with E-state index in [0.717, 1.165) is 31.5 Å². The van der Waals surface area contributed by atoms with Crippen molar-refractivity contribution in [3.8, 4) is 0 Å². The molecule has 1 fully saturated rings. The van der Waals surface area contributed by atoms with Gasteiger partial charge in [-0.2, -0.15) is 0 Å². The Morgan fingerprint density at radius 2 is 2.00 bits per heavy atom. The zero-order valence-corrected chi connectivity index (χ0v) is 10.9. The Kier molecular flexibility index (Phi) is 3.34. The van der Waals surface area contributed by atoms with Gasteiger partial charge in [0.25, 0.3) is 0 Å². The van der Waals surface area contributed by atoms with E-state index >= 15 is 0 Å². The number of para-hydroxylation sites is 1. The summed E-state index contributed by atoms with van der Waals surface area (Å²) in [5.41, 5.74) is 2.10. The number of Topliss-reactive ketones (excluding diaryl/α,β-unsaturated/α-hetero) is 1. The van der Waals surface area contributed by atoms with Crippen LogP contribution in [0.2, 0.25) is 0 Å². The SMILES string of the molecule is O=C1CCCN(C2CCc3ccccc3NC2=O)C1. The molecule has 1 unspecified atom stereocenters. The van der Waals surface area contributed by atoms with Crippen LogP contribution in [0.3, 0.4) is 0 Å². The minimum atomic E-state index is -0.170. The molecule has 19 heavy (non-hydrogen) atoms. The molecule has 0 saturated carbocycles. The first-order chi connectivity index (χ1) is 9.24. The van der Waals surface area contributed by atoms with Gasteiger partial charge in [0, 0.05) is 12.1 Å². The zero-order valence-electron chi connectivity index (χ0n) is 10.9. The number of carbonyl (C=O) groups is 2. The van der Waals surface area contributed by atoms with E-state index in [-0.39, 0.29) is 17.7 Å². The molecule has 2 aliphatic rings. The predicted octanol–water partition coefficient (Wildman–Crippen LogP) is 1.60. The van der Waals surface area contributed by atoms with Gasteiger partial charge in [0.1, 0.15) is 5.78 Å². The number of nitrogens with one attached hydrogen (secondary N) is 1. The summed E-state index contributed by atoms with van der Waals surface area (Å²) in [5.74, 6) is 0.278. The summed E-state index contributed by atoms with van der Waals surface area (Å²) in [5, 5.41) is 2.99. The lowest BCUT2D eigenvalue weighted by molar-refractivity contribution is -0.127. The lowest BCUT2D eigenvalue weighted by Crippen LogP contribution is -2.48. The Bertz CT molecular complexity index is 513. The zero-order chi connectivity index (χ0) is 13.2. The van der Waals surface area contributed by atoms with Crippen molar-refractivity contribution in [1.29, 1.82) is 0 Å². The van der Waals surface area contributed by atoms with Crippen molar-refractivity contribution in [3.63, 3.8) is 0 Å². The Hall–Kier alpha value is -1.68. The normalized spacial score (nSPS) is 24.5. The summed E-state index contributed by atoms with van der Waals surface area (Å²) in [4.78, 5) is 25.9. The first-order valence-corrected chi connectivity index (χ1v) is 6.88. The summed E-state index contributed by atoms with van der Waals surface area (Å²) in [6.45, 7) is 1.27. The number of fused-ring (bicyclic) bond motifs is 1. The molecule has 1 aromatic carbocycles. The number of nitrogens with zero attached hydrogens (tertiary/aromatic N) is 1. The first kappa shape index (κ1) is 12.4. The summed E-state index contributed by atoms with van der Waals surface area (Å²) in [6.07, 6.45) is 3.20. The molecule has 0 aromatic heterocycles. The molecule has 0 aliphatic carbocycles. The van der Waals surface area contributed by atoms with Crippen LogP contribution in [0.1, 0.15) is 24.8 Å². The number of benzene rings is 1. The molecule has 100 valence electrons. The quantitative estimate of drug-likeness (QED) is 0.832. The number of piperidine rings is 1. The summed E-state index contributed by atoms with van der Waals surface area (Å²) < 4.78 is 0. The highest BCUT2D eigenvalue weighted by atomic mass is 16.2. The number of aryl methyl sites for hydroxylation is 1. The van der Waals surface area contributed by atoms with Crippen molar-refractivity contribution < 1.29 is 9.59 Å². The number of likely N-dealkylation sites (tertiary alicyclic amines) is 1. The number of rotatable bonds is 1. The predicted molar refractivity (Wildman–Crippen MR) is 73.0 cm³/mol. The number of anilines is 1. The first-order valence-electron chi connectivity index (χ1n) is 6.88. The molecule has 2 aliphatic heterocycles. The highest BCUT2D eigenvalue weighted by molar-refractivity contribution is 5.96. The Morgan fingerprint density at radius 3 is 2.84 bits per heavy atom. The fourth-order valence-corrected chi connectivity index (χ4v) is 2.98. The van der Waals surface area contributed by atoms with E-state index in [4.69, 9.17) is 0 Å². The van der Waals surface area contributed by atoms with Gasteiger partial charge in [-0.3, -0.25) is 14.5 Å². The van der Waals surface area contributed by atoms with Gasteiger partial charge in [-0.25, -0.2) is 0 Å². The molecular weight excluding hydrogens is 240 g/mol. The maximum Gasteiger partial charge on any atom is 0.241 e. The summed E-state index contributed by atoms with van der Waals surface area (Å²) in [7, 11) is 0. The van der Waals surface area contributed by atoms with Crippen LogP contribution in [0.4, 0.5) is 5.69 Å². The Morgan fingerprint density at radius 1 is 1.16 bits per heavy atom. The van der Waals surface area contributed by atoms with Gasteiger partial charge in [-0.15, -0.1) is 0 Å². The van der Waals surface area contributed by atoms with Gasteiger partial charge < -0.3 is 5.32 Å². The number of carbonyl (C=O) groups excluding carboxylic acids is 2. The van der Waals surface area contributed by atoms with Gasteiger partial charge in [0.15, 0.2) is 0 Å². The maximum atomic E-state index is 12.3. The minimum Gasteiger partial charge on any atom is -0.324 e. The van der Waals surface area contributed by atoms with E-state index in [0.29, 0.717) is 13.0 Å². The van der Waals surface area contributed by atoms with Crippen molar-refractivity contribution in [1.82, 2.24) is 4.90 Å². The van der Waals surface area contributed by atoms with Crippen molar-refractivity contribution in [3.05, 3.63) is 29.8 Å². The molecule has 2 heterocycles. The van der Waals surface area contributed by atoms with Crippen LogP contribution < -0.4 is 5.32 Å². The van der Waals surface area contributed by atoms with Crippen molar-refractivity contribution in [2.24, 2.45) is 0 Å². The van der Waals surface area contributed by atoms with Crippen LogP contribution in [0.5, 0.6) is 0 Å². The molecule has 4 nitrogen and oxygen atoms in total. The van der Waals surface area contributed by atoms with Crippen LogP contribution >= 0.6 is 0 Å². The molecule has 0 radical (unpaired) electrons. The topological polar surface area (TPSA) is 49.4 Å². The highest BCUT2D eigenvalue weighted by Crippen LogP contribution is 2.24. The molecule has 0 bridgehead atoms. The average Bonchev–Trinajstić information content (AvgIpc) is 2.57. The minimum absolute atomic E-state index is 0.0275. The largest absolute Gasteiger partial charge is 0.324 e.